The highest BCUT2D eigenvalue weighted by atomic mass is 127. The van der Waals surface area contributed by atoms with Crippen molar-refractivity contribution < 1.29 is 4.52 Å². The van der Waals surface area contributed by atoms with Crippen molar-refractivity contribution in [2.75, 3.05) is 45.8 Å². The summed E-state index contributed by atoms with van der Waals surface area (Å²) >= 11 is 0. The lowest BCUT2D eigenvalue weighted by Gasteiger charge is -2.24. The summed E-state index contributed by atoms with van der Waals surface area (Å²) in [6.07, 6.45) is 1.92. The van der Waals surface area contributed by atoms with E-state index in [4.69, 9.17) is 9.52 Å². The smallest absolute Gasteiger partial charge is 0.228 e. The number of halogens is 1. The molecule has 0 saturated carbocycles. The van der Waals surface area contributed by atoms with E-state index in [1.165, 1.54) is 13.0 Å². The molecule has 156 valence electrons. The molecule has 0 spiro atoms. The molecule has 0 aromatic carbocycles. The van der Waals surface area contributed by atoms with E-state index in [0.29, 0.717) is 24.8 Å². The molecule has 1 atom stereocenters. The highest BCUT2D eigenvalue weighted by molar-refractivity contribution is 14.0. The standard InChI is InChI=1S/C19H36N6O.HI/c1-6-20-19(21-11-9-17-22-18(15(4)5)23-26-17)25-12-10-16(14-25)13-24(7-2)8-3;/h15-16H,6-14H2,1-5H3,(H,20,21);1H. The fourth-order valence-corrected chi connectivity index (χ4v) is 3.31. The summed E-state index contributed by atoms with van der Waals surface area (Å²) in [6, 6.07) is 0. The molecule has 0 bridgehead atoms. The van der Waals surface area contributed by atoms with E-state index < -0.39 is 0 Å². The Hall–Kier alpha value is -0.900. The third-order valence-corrected chi connectivity index (χ3v) is 4.92. The van der Waals surface area contributed by atoms with Gasteiger partial charge in [0.05, 0.1) is 6.54 Å². The topological polar surface area (TPSA) is 69.8 Å². The number of rotatable bonds is 9. The van der Waals surface area contributed by atoms with Crippen molar-refractivity contribution in [3.8, 4) is 0 Å². The van der Waals surface area contributed by atoms with Crippen LogP contribution < -0.4 is 5.32 Å². The summed E-state index contributed by atoms with van der Waals surface area (Å²) in [5.41, 5.74) is 0. The minimum atomic E-state index is 0. The average molecular weight is 492 g/mol. The van der Waals surface area contributed by atoms with Gasteiger partial charge in [0.1, 0.15) is 0 Å². The maximum Gasteiger partial charge on any atom is 0.228 e. The lowest BCUT2D eigenvalue weighted by atomic mass is 10.1. The van der Waals surface area contributed by atoms with Crippen LogP contribution in [0.25, 0.3) is 0 Å². The van der Waals surface area contributed by atoms with E-state index >= 15 is 0 Å². The first kappa shape index (κ1) is 24.1. The fraction of sp³-hybridized carbons (Fsp3) is 0.842. The molecule has 1 unspecified atom stereocenters. The van der Waals surface area contributed by atoms with Gasteiger partial charge in [-0.3, -0.25) is 4.99 Å². The van der Waals surface area contributed by atoms with E-state index in [9.17, 15) is 0 Å². The second-order valence-electron chi connectivity index (χ2n) is 7.27. The van der Waals surface area contributed by atoms with Gasteiger partial charge in [-0.25, -0.2) is 0 Å². The van der Waals surface area contributed by atoms with Crippen LogP contribution in [0.4, 0.5) is 0 Å². The molecular weight excluding hydrogens is 455 g/mol. The van der Waals surface area contributed by atoms with Crippen molar-refractivity contribution in [3.05, 3.63) is 11.7 Å². The summed E-state index contributed by atoms with van der Waals surface area (Å²) in [5.74, 6) is 3.48. The van der Waals surface area contributed by atoms with Crippen molar-refractivity contribution in [1.29, 1.82) is 0 Å². The van der Waals surface area contributed by atoms with E-state index in [2.05, 4.69) is 59.9 Å². The number of hydrogen-bond donors (Lipinski definition) is 1. The zero-order chi connectivity index (χ0) is 18.9. The highest BCUT2D eigenvalue weighted by Crippen LogP contribution is 2.18. The van der Waals surface area contributed by atoms with Crippen LogP contribution in [0.15, 0.2) is 9.52 Å². The van der Waals surface area contributed by atoms with Gasteiger partial charge >= 0.3 is 0 Å². The first-order chi connectivity index (χ1) is 12.6. The molecule has 1 aliphatic rings. The van der Waals surface area contributed by atoms with Crippen LogP contribution in [-0.2, 0) is 6.42 Å². The normalized spacial score (nSPS) is 17.7. The number of aliphatic imine (C=N–C) groups is 1. The van der Waals surface area contributed by atoms with E-state index in [1.807, 2.05) is 0 Å². The summed E-state index contributed by atoms with van der Waals surface area (Å²) in [7, 11) is 0. The number of likely N-dealkylation sites (tertiary alicyclic amines) is 1. The molecule has 1 aliphatic heterocycles. The quantitative estimate of drug-likeness (QED) is 0.325. The van der Waals surface area contributed by atoms with Crippen LogP contribution in [-0.4, -0.2) is 71.7 Å². The molecule has 1 aromatic heterocycles. The lowest BCUT2D eigenvalue weighted by molar-refractivity contribution is 0.255. The number of aromatic nitrogens is 2. The Labute approximate surface area is 181 Å². The Kier molecular flexibility index (Phi) is 11.2. The van der Waals surface area contributed by atoms with Gasteiger partial charge in [0.2, 0.25) is 5.89 Å². The molecule has 1 aromatic rings. The van der Waals surface area contributed by atoms with Crippen LogP contribution >= 0.6 is 24.0 Å². The molecule has 7 nitrogen and oxygen atoms in total. The van der Waals surface area contributed by atoms with Crippen molar-refractivity contribution in [1.82, 2.24) is 25.3 Å². The third-order valence-electron chi connectivity index (χ3n) is 4.92. The summed E-state index contributed by atoms with van der Waals surface area (Å²) in [6.45, 7) is 17.9. The number of nitrogens with zero attached hydrogens (tertiary/aromatic N) is 5. The molecule has 0 amide bonds. The lowest BCUT2D eigenvalue weighted by Crippen LogP contribution is -2.41. The van der Waals surface area contributed by atoms with E-state index in [0.717, 1.165) is 50.4 Å². The van der Waals surface area contributed by atoms with Crippen molar-refractivity contribution in [3.63, 3.8) is 0 Å². The first-order valence-electron chi connectivity index (χ1n) is 10.1. The summed E-state index contributed by atoms with van der Waals surface area (Å²) < 4.78 is 5.31. The molecule has 1 saturated heterocycles. The minimum Gasteiger partial charge on any atom is -0.357 e. The Bertz CT molecular complexity index is 558. The zero-order valence-corrected chi connectivity index (χ0v) is 19.9. The van der Waals surface area contributed by atoms with Crippen molar-refractivity contribution in [2.24, 2.45) is 10.9 Å². The van der Waals surface area contributed by atoms with Gasteiger partial charge in [0.25, 0.3) is 0 Å². The van der Waals surface area contributed by atoms with Gasteiger partial charge in [-0.15, -0.1) is 24.0 Å². The van der Waals surface area contributed by atoms with E-state index in [1.54, 1.807) is 0 Å². The number of nitrogens with one attached hydrogen (secondary N) is 1. The summed E-state index contributed by atoms with van der Waals surface area (Å²) in [4.78, 5) is 14.1. The van der Waals surface area contributed by atoms with Gasteiger partial charge < -0.3 is 19.6 Å². The molecule has 2 heterocycles. The average Bonchev–Trinajstić information content (AvgIpc) is 3.28. The molecule has 1 N–H and O–H groups in total. The highest BCUT2D eigenvalue weighted by Gasteiger charge is 2.25. The Morgan fingerprint density at radius 2 is 2.07 bits per heavy atom. The van der Waals surface area contributed by atoms with E-state index in [-0.39, 0.29) is 24.0 Å². The number of hydrogen-bond acceptors (Lipinski definition) is 5. The van der Waals surface area contributed by atoms with Gasteiger partial charge in [0.15, 0.2) is 11.8 Å². The number of guanidine groups is 1. The maximum atomic E-state index is 5.31. The van der Waals surface area contributed by atoms with Crippen LogP contribution in [0.2, 0.25) is 0 Å². The van der Waals surface area contributed by atoms with Gasteiger partial charge in [-0.05, 0) is 32.4 Å². The first-order valence-corrected chi connectivity index (χ1v) is 10.1. The van der Waals surface area contributed by atoms with Crippen LogP contribution in [0.3, 0.4) is 0 Å². The molecule has 2 rings (SSSR count). The third kappa shape index (κ3) is 7.56. The van der Waals surface area contributed by atoms with Gasteiger partial charge in [0, 0.05) is 38.5 Å². The van der Waals surface area contributed by atoms with Gasteiger partial charge in [-0.1, -0.05) is 32.9 Å². The Morgan fingerprint density at radius 1 is 1.33 bits per heavy atom. The molecule has 0 radical (unpaired) electrons. The fourth-order valence-electron chi connectivity index (χ4n) is 3.31. The molecule has 27 heavy (non-hydrogen) atoms. The predicted molar refractivity (Wildman–Crippen MR) is 121 cm³/mol. The molecule has 1 fully saturated rings. The summed E-state index contributed by atoms with van der Waals surface area (Å²) in [5, 5.41) is 7.45. The van der Waals surface area contributed by atoms with Crippen LogP contribution in [0.1, 0.15) is 58.7 Å². The molecular formula is C19H37IN6O. The second kappa shape index (κ2) is 12.5. The maximum absolute atomic E-state index is 5.31. The molecule has 8 heteroatoms. The Morgan fingerprint density at radius 3 is 2.67 bits per heavy atom. The predicted octanol–water partition coefficient (Wildman–Crippen LogP) is 2.98. The monoisotopic (exact) mass is 492 g/mol. The largest absolute Gasteiger partial charge is 0.357 e. The van der Waals surface area contributed by atoms with Gasteiger partial charge in [-0.2, -0.15) is 4.98 Å². The minimum absolute atomic E-state index is 0. The zero-order valence-electron chi connectivity index (χ0n) is 17.6. The van der Waals surface area contributed by atoms with Crippen LogP contribution in [0.5, 0.6) is 0 Å². The SMILES string of the molecule is CCNC(=NCCc1nc(C(C)C)no1)N1CCC(CN(CC)CC)C1.I. The second-order valence-corrected chi connectivity index (χ2v) is 7.27. The molecule has 0 aliphatic carbocycles. The van der Waals surface area contributed by atoms with Crippen molar-refractivity contribution in [2.45, 2.75) is 53.4 Å². The Balaban J connectivity index is 0.00000364. The van der Waals surface area contributed by atoms with Crippen LogP contribution in [0, 0.1) is 5.92 Å². The van der Waals surface area contributed by atoms with Crippen molar-refractivity contribution >= 4 is 29.9 Å².